The van der Waals surface area contributed by atoms with Gasteiger partial charge in [-0.2, -0.15) is 0 Å². The molecule has 1 fully saturated rings. The Bertz CT molecular complexity index is 1150. The molecule has 0 saturated carbocycles. The molecule has 1 aliphatic heterocycles. The molecule has 10 heteroatoms. The van der Waals surface area contributed by atoms with Gasteiger partial charge in [0.05, 0.1) is 12.3 Å². The van der Waals surface area contributed by atoms with Crippen LogP contribution in [0, 0.1) is 17.5 Å². The number of sulfonamides is 1. The molecule has 1 atom stereocenters. The summed E-state index contributed by atoms with van der Waals surface area (Å²) in [4.78, 5) is 3.58. The number of hydrogen-bond acceptors (Lipinski definition) is 5. The normalized spacial score (nSPS) is 16.3. The second kappa shape index (κ2) is 9.35. The van der Waals surface area contributed by atoms with Crippen LogP contribution < -0.4 is 9.62 Å². The number of halogens is 3. The fourth-order valence-electron chi connectivity index (χ4n) is 3.79. The highest BCUT2D eigenvalue weighted by molar-refractivity contribution is 7.89. The molecule has 4 rings (SSSR count). The van der Waals surface area contributed by atoms with Gasteiger partial charge in [0.1, 0.15) is 28.1 Å². The molecule has 0 amide bonds. The van der Waals surface area contributed by atoms with Gasteiger partial charge in [0, 0.05) is 44.5 Å². The van der Waals surface area contributed by atoms with E-state index in [9.17, 15) is 21.6 Å². The van der Waals surface area contributed by atoms with Crippen molar-refractivity contribution in [3.63, 3.8) is 0 Å². The summed E-state index contributed by atoms with van der Waals surface area (Å²) in [5.74, 6) is -1.73. The maximum Gasteiger partial charge on any atom is 0.243 e. The van der Waals surface area contributed by atoms with Gasteiger partial charge in [-0.05, 0) is 48.5 Å². The van der Waals surface area contributed by atoms with Crippen molar-refractivity contribution >= 4 is 15.7 Å². The molecule has 1 N–H and O–H groups in total. The molecule has 1 aliphatic rings. The van der Waals surface area contributed by atoms with Gasteiger partial charge < -0.3 is 9.32 Å². The molecular weight excluding hydrogens is 443 g/mol. The highest BCUT2D eigenvalue weighted by Crippen LogP contribution is 2.25. The van der Waals surface area contributed by atoms with Crippen LogP contribution in [0.5, 0.6) is 0 Å². The average Bonchev–Trinajstić information content (AvgIpc) is 3.29. The number of hydrogen-bond donors (Lipinski definition) is 1. The topological polar surface area (TPSA) is 65.8 Å². The number of piperazine rings is 1. The van der Waals surface area contributed by atoms with Gasteiger partial charge in [-0.15, -0.1) is 0 Å². The molecule has 0 radical (unpaired) electrons. The van der Waals surface area contributed by atoms with Crippen LogP contribution in [-0.4, -0.2) is 46.0 Å². The van der Waals surface area contributed by atoms with Crippen LogP contribution in [0.3, 0.4) is 0 Å². The quantitative estimate of drug-likeness (QED) is 0.578. The zero-order valence-electron chi connectivity index (χ0n) is 17.0. The summed E-state index contributed by atoms with van der Waals surface area (Å²) < 4.78 is 73.6. The van der Waals surface area contributed by atoms with Gasteiger partial charge in [-0.1, -0.05) is 0 Å². The van der Waals surface area contributed by atoms with Crippen LogP contribution in [0.25, 0.3) is 0 Å². The zero-order valence-corrected chi connectivity index (χ0v) is 17.9. The summed E-state index contributed by atoms with van der Waals surface area (Å²) in [6.45, 7) is 2.47. The fraction of sp³-hybridized carbons (Fsp3) is 0.273. The summed E-state index contributed by atoms with van der Waals surface area (Å²) in [5, 5.41) is 0. The second-order valence-electron chi connectivity index (χ2n) is 7.46. The third-order valence-electron chi connectivity index (χ3n) is 5.47. The largest absolute Gasteiger partial charge is 0.468 e. The van der Waals surface area contributed by atoms with Crippen molar-refractivity contribution in [3.05, 3.63) is 84.1 Å². The minimum absolute atomic E-state index is 0.0524. The van der Waals surface area contributed by atoms with Crippen molar-refractivity contribution in [1.82, 2.24) is 9.62 Å². The SMILES string of the molecule is O=S(=O)(NCC(c1ccco1)N1CCN(c2ccc(F)cc2)CC1)c1ccc(F)cc1F. The van der Waals surface area contributed by atoms with E-state index in [4.69, 9.17) is 4.42 Å². The first kappa shape index (κ1) is 22.4. The first-order valence-corrected chi connectivity index (χ1v) is 11.5. The van der Waals surface area contributed by atoms with E-state index in [0.717, 1.165) is 17.8 Å². The molecule has 170 valence electrons. The Hall–Kier alpha value is -2.82. The molecule has 6 nitrogen and oxygen atoms in total. The van der Waals surface area contributed by atoms with E-state index in [1.165, 1.54) is 18.4 Å². The van der Waals surface area contributed by atoms with E-state index in [-0.39, 0.29) is 12.4 Å². The third-order valence-corrected chi connectivity index (χ3v) is 6.93. The lowest BCUT2D eigenvalue weighted by molar-refractivity contribution is 0.166. The summed E-state index contributed by atoms with van der Waals surface area (Å²) in [6, 6.07) is 11.7. The Morgan fingerprint density at radius 3 is 2.25 bits per heavy atom. The summed E-state index contributed by atoms with van der Waals surface area (Å²) >= 11 is 0. The van der Waals surface area contributed by atoms with Crippen LogP contribution in [0.4, 0.5) is 18.9 Å². The average molecular weight is 465 g/mol. The lowest BCUT2D eigenvalue weighted by Crippen LogP contribution is -2.49. The molecule has 2 aromatic carbocycles. The van der Waals surface area contributed by atoms with Crippen molar-refractivity contribution in [1.29, 1.82) is 0 Å². The van der Waals surface area contributed by atoms with E-state index in [2.05, 4.69) is 14.5 Å². The smallest absolute Gasteiger partial charge is 0.243 e. The van der Waals surface area contributed by atoms with Gasteiger partial charge in [-0.3, -0.25) is 4.90 Å². The molecule has 0 spiro atoms. The third kappa shape index (κ3) is 4.98. The van der Waals surface area contributed by atoms with Gasteiger partial charge in [0.2, 0.25) is 10.0 Å². The van der Waals surface area contributed by atoms with Crippen LogP contribution in [-0.2, 0) is 10.0 Å². The number of nitrogens with one attached hydrogen (secondary N) is 1. The zero-order chi connectivity index (χ0) is 22.7. The van der Waals surface area contributed by atoms with Crippen LogP contribution >= 0.6 is 0 Å². The molecule has 1 unspecified atom stereocenters. The van der Waals surface area contributed by atoms with E-state index in [1.54, 1.807) is 24.3 Å². The summed E-state index contributed by atoms with van der Waals surface area (Å²) in [5.41, 5.74) is 0.910. The standard InChI is InChI=1S/C22H22F3N3O3S/c23-16-3-6-18(7-4-16)27-9-11-28(12-10-27)20(21-2-1-13-31-21)15-26-32(29,30)22-8-5-17(24)14-19(22)25/h1-8,13-14,20,26H,9-12,15H2. The molecule has 2 heterocycles. The highest BCUT2D eigenvalue weighted by Gasteiger charge is 2.29. The van der Waals surface area contributed by atoms with Crippen LogP contribution in [0.15, 0.2) is 70.2 Å². The minimum Gasteiger partial charge on any atom is -0.468 e. The molecule has 3 aromatic rings. The summed E-state index contributed by atoms with van der Waals surface area (Å²) in [6.07, 6.45) is 1.51. The van der Waals surface area contributed by atoms with E-state index in [0.29, 0.717) is 38.0 Å². The number of anilines is 1. The lowest BCUT2D eigenvalue weighted by atomic mass is 10.1. The Labute approximate surface area is 184 Å². The van der Waals surface area contributed by atoms with E-state index in [1.807, 2.05) is 0 Å². The highest BCUT2D eigenvalue weighted by atomic mass is 32.2. The number of nitrogens with zero attached hydrogens (tertiary/aromatic N) is 2. The second-order valence-corrected chi connectivity index (χ2v) is 9.19. The van der Waals surface area contributed by atoms with E-state index >= 15 is 0 Å². The van der Waals surface area contributed by atoms with Crippen molar-refractivity contribution in [2.45, 2.75) is 10.9 Å². The van der Waals surface area contributed by atoms with Gasteiger partial charge >= 0.3 is 0 Å². The van der Waals surface area contributed by atoms with Gasteiger partial charge in [-0.25, -0.2) is 26.3 Å². The molecule has 1 aromatic heterocycles. The molecular formula is C22H22F3N3O3S. The van der Waals surface area contributed by atoms with Crippen molar-refractivity contribution in [3.8, 4) is 0 Å². The number of benzene rings is 2. The Morgan fingerprint density at radius 1 is 0.938 bits per heavy atom. The Balaban J connectivity index is 1.46. The predicted molar refractivity (Wildman–Crippen MR) is 113 cm³/mol. The Kier molecular flexibility index (Phi) is 6.54. The van der Waals surface area contributed by atoms with Crippen LogP contribution in [0.1, 0.15) is 11.8 Å². The first-order chi connectivity index (χ1) is 15.3. The molecule has 1 saturated heterocycles. The lowest BCUT2D eigenvalue weighted by Gasteiger charge is -2.39. The summed E-state index contributed by atoms with van der Waals surface area (Å²) in [7, 11) is -4.20. The molecule has 0 bridgehead atoms. The maximum absolute atomic E-state index is 14.0. The fourth-order valence-corrected chi connectivity index (χ4v) is 4.89. The van der Waals surface area contributed by atoms with Crippen LogP contribution in [0.2, 0.25) is 0 Å². The molecule has 0 aliphatic carbocycles. The Morgan fingerprint density at radius 2 is 1.62 bits per heavy atom. The monoisotopic (exact) mass is 465 g/mol. The van der Waals surface area contributed by atoms with Crippen molar-refractivity contribution in [2.24, 2.45) is 0 Å². The number of rotatable bonds is 7. The molecule has 32 heavy (non-hydrogen) atoms. The maximum atomic E-state index is 14.0. The van der Waals surface area contributed by atoms with Crippen molar-refractivity contribution < 1.29 is 26.0 Å². The number of furan rings is 1. The predicted octanol–water partition coefficient (Wildman–Crippen LogP) is 3.54. The van der Waals surface area contributed by atoms with Gasteiger partial charge in [0.25, 0.3) is 0 Å². The van der Waals surface area contributed by atoms with E-state index < -0.39 is 32.6 Å². The minimum atomic E-state index is -4.20. The first-order valence-electron chi connectivity index (χ1n) is 10.1. The van der Waals surface area contributed by atoms with Gasteiger partial charge in [0.15, 0.2) is 0 Å². The van der Waals surface area contributed by atoms with Crippen molar-refractivity contribution in [2.75, 3.05) is 37.6 Å².